The van der Waals surface area contributed by atoms with Gasteiger partial charge in [-0.15, -0.1) is 0 Å². The zero-order chi connectivity index (χ0) is 15.1. The van der Waals surface area contributed by atoms with Gasteiger partial charge in [-0.2, -0.15) is 0 Å². The number of hydrogen-bond donors (Lipinski definition) is 1. The van der Waals surface area contributed by atoms with Crippen LogP contribution in [0.4, 0.5) is 5.69 Å². The molecule has 0 amide bonds. The zero-order valence-corrected chi connectivity index (χ0v) is 14.1. The monoisotopic (exact) mass is 296 g/mol. The first kappa shape index (κ1) is 17.3. The highest BCUT2D eigenvalue weighted by molar-refractivity contribution is 6.31. The molecule has 0 atom stereocenters. The molecule has 114 valence electrons. The van der Waals surface area contributed by atoms with Crippen LogP contribution in [-0.2, 0) is 6.54 Å². The lowest BCUT2D eigenvalue weighted by molar-refractivity contribution is 0.535. The van der Waals surface area contributed by atoms with Crippen molar-refractivity contribution < 1.29 is 0 Å². The predicted molar refractivity (Wildman–Crippen MR) is 90.5 cm³/mol. The lowest BCUT2D eigenvalue weighted by atomic mass is 10.1. The van der Waals surface area contributed by atoms with Gasteiger partial charge in [-0.05, 0) is 42.4 Å². The molecule has 1 aromatic rings. The van der Waals surface area contributed by atoms with Crippen molar-refractivity contribution in [3.63, 3.8) is 0 Å². The Morgan fingerprint density at radius 1 is 1.05 bits per heavy atom. The van der Waals surface area contributed by atoms with Crippen LogP contribution < -0.4 is 10.6 Å². The number of anilines is 1. The number of benzene rings is 1. The van der Waals surface area contributed by atoms with Gasteiger partial charge in [0.1, 0.15) is 0 Å². The molecular weight excluding hydrogens is 268 g/mol. The maximum atomic E-state index is 6.29. The predicted octanol–water partition coefficient (Wildman–Crippen LogP) is 4.70. The summed E-state index contributed by atoms with van der Waals surface area (Å²) in [6.07, 6.45) is 2.41. The van der Waals surface area contributed by atoms with E-state index >= 15 is 0 Å². The first-order chi connectivity index (χ1) is 9.43. The summed E-state index contributed by atoms with van der Waals surface area (Å²) in [4.78, 5) is 2.45. The van der Waals surface area contributed by atoms with Gasteiger partial charge in [0.05, 0.1) is 0 Å². The van der Waals surface area contributed by atoms with Gasteiger partial charge in [-0.3, -0.25) is 0 Å². The van der Waals surface area contributed by atoms with E-state index in [1.807, 2.05) is 0 Å². The molecule has 2 nitrogen and oxygen atoms in total. The molecule has 0 aliphatic rings. The Morgan fingerprint density at radius 3 is 2.00 bits per heavy atom. The van der Waals surface area contributed by atoms with Gasteiger partial charge in [0.2, 0.25) is 0 Å². The lowest BCUT2D eigenvalue weighted by Crippen LogP contribution is -2.27. The first-order valence-corrected chi connectivity index (χ1v) is 8.05. The van der Waals surface area contributed by atoms with Gasteiger partial charge in [0, 0.05) is 30.3 Å². The minimum absolute atomic E-state index is 0.497. The van der Waals surface area contributed by atoms with E-state index in [1.54, 1.807) is 0 Å². The molecule has 0 fully saturated rings. The third kappa shape index (κ3) is 5.72. The SMILES string of the molecule is CC(C)CCN(CCC(C)C)c1ccc(CN)c(Cl)c1. The molecule has 0 aromatic heterocycles. The average Bonchev–Trinajstić information content (AvgIpc) is 2.38. The fourth-order valence-electron chi connectivity index (χ4n) is 2.10. The Kier molecular flexibility index (Phi) is 7.39. The molecule has 0 spiro atoms. The number of halogens is 1. The summed E-state index contributed by atoms with van der Waals surface area (Å²) in [7, 11) is 0. The Bertz CT molecular complexity index is 390. The fraction of sp³-hybridized carbons (Fsp3) is 0.647. The van der Waals surface area contributed by atoms with Crippen LogP contribution in [0, 0.1) is 11.8 Å². The molecule has 0 aliphatic carbocycles. The average molecular weight is 297 g/mol. The summed E-state index contributed by atoms with van der Waals surface area (Å²) in [6.45, 7) is 11.7. The standard InChI is InChI=1S/C17H29ClN2/c1-13(2)7-9-20(10-8-14(3)4)16-6-5-15(12-19)17(18)11-16/h5-6,11,13-14H,7-10,12,19H2,1-4H3. The topological polar surface area (TPSA) is 29.3 Å². The van der Waals surface area contributed by atoms with Gasteiger partial charge < -0.3 is 10.6 Å². The van der Waals surface area contributed by atoms with Crippen molar-refractivity contribution in [3.8, 4) is 0 Å². The van der Waals surface area contributed by atoms with Crippen molar-refractivity contribution in [1.29, 1.82) is 0 Å². The van der Waals surface area contributed by atoms with E-state index in [0.29, 0.717) is 6.54 Å². The van der Waals surface area contributed by atoms with Crippen molar-refractivity contribution >= 4 is 17.3 Å². The number of rotatable bonds is 8. The summed E-state index contributed by atoms with van der Waals surface area (Å²) in [5.41, 5.74) is 7.91. The van der Waals surface area contributed by atoms with Crippen LogP contribution in [0.2, 0.25) is 5.02 Å². The summed E-state index contributed by atoms with van der Waals surface area (Å²) < 4.78 is 0. The highest BCUT2D eigenvalue weighted by Crippen LogP contribution is 2.25. The van der Waals surface area contributed by atoms with Gasteiger partial charge in [0.15, 0.2) is 0 Å². The van der Waals surface area contributed by atoms with Gasteiger partial charge in [0.25, 0.3) is 0 Å². The molecule has 0 radical (unpaired) electrons. The number of nitrogens with two attached hydrogens (primary N) is 1. The number of nitrogens with zero attached hydrogens (tertiary/aromatic N) is 1. The van der Waals surface area contributed by atoms with E-state index in [2.05, 4.69) is 50.8 Å². The van der Waals surface area contributed by atoms with E-state index in [0.717, 1.165) is 35.5 Å². The van der Waals surface area contributed by atoms with E-state index < -0.39 is 0 Å². The Hall–Kier alpha value is -0.730. The molecule has 0 aliphatic heterocycles. The molecular formula is C17H29ClN2. The van der Waals surface area contributed by atoms with Crippen LogP contribution in [0.15, 0.2) is 18.2 Å². The van der Waals surface area contributed by atoms with Crippen LogP contribution in [0.3, 0.4) is 0 Å². The van der Waals surface area contributed by atoms with Crippen molar-refractivity contribution in [3.05, 3.63) is 28.8 Å². The summed E-state index contributed by atoms with van der Waals surface area (Å²) in [5.74, 6) is 1.44. The molecule has 20 heavy (non-hydrogen) atoms. The molecule has 1 rings (SSSR count). The Balaban J connectivity index is 2.82. The molecule has 0 saturated heterocycles. The van der Waals surface area contributed by atoms with Crippen LogP contribution in [0.1, 0.15) is 46.1 Å². The molecule has 3 heteroatoms. The van der Waals surface area contributed by atoms with E-state index in [4.69, 9.17) is 17.3 Å². The number of hydrogen-bond acceptors (Lipinski definition) is 2. The van der Waals surface area contributed by atoms with Crippen LogP contribution in [0.5, 0.6) is 0 Å². The maximum Gasteiger partial charge on any atom is 0.0471 e. The highest BCUT2D eigenvalue weighted by atomic mass is 35.5. The van der Waals surface area contributed by atoms with Gasteiger partial charge in [-0.25, -0.2) is 0 Å². The minimum atomic E-state index is 0.497. The van der Waals surface area contributed by atoms with Crippen molar-refractivity contribution in [2.75, 3.05) is 18.0 Å². The molecule has 0 saturated carbocycles. The van der Waals surface area contributed by atoms with Gasteiger partial charge >= 0.3 is 0 Å². The summed E-state index contributed by atoms with van der Waals surface area (Å²) in [5, 5.41) is 0.782. The molecule has 0 unspecified atom stereocenters. The van der Waals surface area contributed by atoms with Crippen LogP contribution in [-0.4, -0.2) is 13.1 Å². The molecule has 2 N–H and O–H groups in total. The zero-order valence-electron chi connectivity index (χ0n) is 13.3. The van der Waals surface area contributed by atoms with E-state index in [-0.39, 0.29) is 0 Å². The van der Waals surface area contributed by atoms with Gasteiger partial charge in [-0.1, -0.05) is 45.4 Å². The van der Waals surface area contributed by atoms with Crippen LogP contribution >= 0.6 is 11.6 Å². The third-order valence-corrected chi connectivity index (χ3v) is 3.93. The van der Waals surface area contributed by atoms with Crippen molar-refractivity contribution in [1.82, 2.24) is 0 Å². The largest absolute Gasteiger partial charge is 0.371 e. The molecule has 1 aromatic carbocycles. The Morgan fingerprint density at radius 2 is 1.60 bits per heavy atom. The van der Waals surface area contributed by atoms with E-state index in [9.17, 15) is 0 Å². The smallest absolute Gasteiger partial charge is 0.0471 e. The summed E-state index contributed by atoms with van der Waals surface area (Å²) in [6, 6.07) is 6.26. The molecule has 0 bridgehead atoms. The highest BCUT2D eigenvalue weighted by Gasteiger charge is 2.10. The van der Waals surface area contributed by atoms with Crippen molar-refractivity contribution in [2.24, 2.45) is 17.6 Å². The first-order valence-electron chi connectivity index (χ1n) is 7.67. The molecule has 0 heterocycles. The van der Waals surface area contributed by atoms with Crippen molar-refractivity contribution in [2.45, 2.75) is 47.1 Å². The quantitative estimate of drug-likeness (QED) is 0.753. The van der Waals surface area contributed by atoms with Crippen LogP contribution in [0.25, 0.3) is 0 Å². The Labute approximate surface area is 129 Å². The minimum Gasteiger partial charge on any atom is -0.371 e. The second kappa shape index (κ2) is 8.53. The lowest BCUT2D eigenvalue weighted by Gasteiger charge is -2.27. The second-order valence-electron chi connectivity index (χ2n) is 6.33. The second-order valence-corrected chi connectivity index (χ2v) is 6.74. The maximum absolute atomic E-state index is 6.29. The van der Waals surface area contributed by atoms with E-state index in [1.165, 1.54) is 18.5 Å². The third-order valence-electron chi connectivity index (χ3n) is 3.57. The fourth-order valence-corrected chi connectivity index (χ4v) is 2.35. The normalized spacial score (nSPS) is 11.4. The summed E-state index contributed by atoms with van der Waals surface area (Å²) >= 11 is 6.29.